The van der Waals surface area contributed by atoms with Crippen LogP contribution in [0.15, 0.2) is 267 Å². The molecule has 0 saturated carbocycles. The molecule has 384 valence electrons. The van der Waals surface area contributed by atoms with Crippen molar-refractivity contribution < 1.29 is 29.4 Å². The Morgan fingerprint density at radius 2 is 0.887 bits per heavy atom. The number of benzene rings is 8. The second-order valence-electron chi connectivity index (χ2n) is 18.1. The van der Waals surface area contributed by atoms with Gasteiger partial charge in [0.1, 0.15) is 0 Å². The monoisotopic (exact) mass is 1170 g/mol. The summed E-state index contributed by atoms with van der Waals surface area (Å²) < 4.78 is 2.40. The van der Waals surface area contributed by atoms with Crippen LogP contribution in [0.1, 0.15) is 10.4 Å². The molecule has 0 bridgehead atoms. The van der Waals surface area contributed by atoms with E-state index in [2.05, 4.69) is 238 Å². The van der Waals surface area contributed by atoms with E-state index in [1.54, 1.807) is 18.3 Å². The molecule has 0 atom stereocenters. The average molecular weight is 1170 g/mol. The van der Waals surface area contributed by atoms with E-state index in [9.17, 15) is 4.79 Å². The SMILES string of the molecule is O=C(O)c1ccnc(-c2ccccn2)c1.[N-]=C=S.[N-]=C=S.[Ru+2].c1ccc([Si](c2ccccc2)(c2ccccc2)c2ccc(-c3ccc4c(c3)c3cc(-c5ccccn5)ncc3n4-c3cc4ccccc4c4ccccc34)cc2)cc1. The summed E-state index contributed by atoms with van der Waals surface area (Å²) in [5.74, 6) is -0.963. The van der Waals surface area contributed by atoms with Crippen molar-refractivity contribution in [2.75, 3.05) is 0 Å². The molecule has 0 radical (unpaired) electrons. The number of aromatic nitrogens is 5. The summed E-state index contributed by atoms with van der Waals surface area (Å²) in [6.07, 6.45) is 6.97. The third kappa shape index (κ3) is 11.3. The molecule has 0 saturated heterocycles. The first-order valence-corrected chi connectivity index (χ1v) is 27.9. The Labute approximate surface area is 486 Å². The maximum Gasteiger partial charge on any atom is 2.00 e. The summed E-state index contributed by atoms with van der Waals surface area (Å²) in [6, 6.07) is 86.0. The molecule has 5 heterocycles. The number of hydrogen-bond donors (Lipinski definition) is 1. The maximum absolute atomic E-state index is 10.7. The topological polar surface area (TPSA) is 138 Å². The van der Waals surface area contributed by atoms with Crippen molar-refractivity contribution in [3.63, 3.8) is 0 Å². The van der Waals surface area contributed by atoms with Gasteiger partial charge in [-0.25, -0.2) is 4.79 Å². The molecule has 0 spiro atoms. The van der Waals surface area contributed by atoms with E-state index in [0.717, 1.165) is 33.5 Å². The first-order chi connectivity index (χ1) is 38.9. The van der Waals surface area contributed by atoms with Crippen molar-refractivity contribution in [2.45, 2.75) is 0 Å². The Balaban J connectivity index is 0.000000298. The van der Waals surface area contributed by atoms with Crippen LogP contribution < -0.4 is 20.7 Å². The van der Waals surface area contributed by atoms with Gasteiger partial charge in [-0.3, -0.25) is 19.9 Å². The number of aromatic carboxylic acids is 1. The number of carboxylic acid groups (broad SMARTS) is 1. The van der Waals surface area contributed by atoms with Crippen LogP contribution in [0.4, 0.5) is 0 Å². The van der Waals surface area contributed by atoms with Gasteiger partial charge in [-0.2, -0.15) is 10.3 Å². The molecule has 0 amide bonds. The third-order valence-corrected chi connectivity index (χ3v) is 18.6. The van der Waals surface area contributed by atoms with Gasteiger partial charge in [0.2, 0.25) is 0 Å². The second-order valence-corrected chi connectivity index (χ2v) is 22.3. The molecule has 80 heavy (non-hydrogen) atoms. The third-order valence-electron chi connectivity index (χ3n) is 13.8. The van der Waals surface area contributed by atoms with Crippen molar-refractivity contribution in [1.82, 2.24) is 24.5 Å². The summed E-state index contributed by atoms with van der Waals surface area (Å²) in [5.41, 5.74) is 8.85. The van der Waals surface area contributed by atoms with E-state index in [4.69, 9.17) is 20.9 Å². The minimum Gasteiger partial charge on any atom is -0.753 e. The van der Waals surface area contributed by atoms with Crippen LogP contribution in [0.2, 0.25) is 0 Å². The van der Waals surface area contributed by atoms with Crippen molar-refractivity contribution in [3.05, 3.63) is 284 Å². The van der Waals surface area contributed by atoms with Crippen LogP contribution >= 0.6 is 24.4 Å². The van der Waals surface area contributed by atoms with E-state index >= 15 is 0 Å². The van der Waals surface area contributed by atoms with Crippen LogP contribution in [0.25, 0.3) is 93.8 Å². The molecule has 13 rings (SSSR count). The number of isothiocyanates is 2. The molecule has 9 nitrogen and oxygen atoms in total. The minimum absolute atomic E-state index is 0. The van der Waals surface area contributed by atoms with Crippen molar-refractivity contribution in [1.29, 1.82) is 0 Å². The van der Waals surface area contributed by atoms with Gasteiger partial charge >= 0.3 is 25.4 Å². The molecule has 1 N–H and O–H groups in total. The number of rotatable bonds is 9. The summed E-state index contributed by atoms with van der Waals surface area (Å²) >= 11 is 7.40. The van der Waals surface area contributed by atoms with Gasteiger partial charge in [-0.05, 0) is 109 Å². The Morgan fingerprint density at radius 1 is 0.425 bits per heavy atom. The number of carbonyl (C=O) groups is 1. The molecule has 0 fully saturated rings. The van der Waals surface area contributed by atoms with Gasteiger partial charge < -0.3 is 20.5 Å². The number of nitrogens with zero attached hydrogens (tertiary/aromatic N) is 7. The van der Waals surface area contributed by atoms with E-state index in [-0.39, 0.29) is 25.0 Å². The van der Waals surface area contributed by atoms with Gasteiger partial charge in [-0.1, -0.05) is 206 Å². The molecule has 13 aromatic rings. The molecule has 0 aliphatic rings. The maximum atomic E-state index is 10.7. The predicted octanol–water partition coefficient (Wildman–Crippen LogP) is 13.7. The molecule has 8 aromatic carbocycles. The van der Waals surface area contributed by atoms with Gasteiger partial charge in [0.25, 0.3) is 0 Å². The standard InChI is InChI=1S/C54H37N3Si.C11H8N2O2.2CNS.Ru/c1-4-17-41(18-5-1)58(42-19-6-2-7-20-42,43-21-8-3-9-22-43)44-30-27-38(28-31-44)39-29-32-52-48(34-39)49-36-51(50-26-14-15-33-55-50)56-37-54(49)57(52)53-35-40-16-10-11-23-45(40)46-24-12-13-25-47(46)53;14-11(15)8-4-6-13-10(7-8)9-3-1-2-5-12-9;2*2-1-3;/h1-37H;1-7H,(H,14,15);;;/q;;2*-1;+2. The quantitative estimate of drug-likeness (QED) is 0.0496. The molecule has 0 aliphatic carbocycles. The molecule has 0 aliphatic heterocycles. The second kappa shape index (κ2) is 25.8. The Kier molecular flexibility index (Phi) is 17.9. The zero-order chi connectivity index (χ0) is 54.6. The largest absolute Gasteiger partial charge is 2.00 e. The zero-order valence-corrected chi connectivity index (χ0v) is 46.9. The van der Waals surface area contributed by atoms with Gasteiger partial charge in [0, 0.05) is 34.7 Å². The molecule has 0 unspecified atom stereocenters. The van der Waals surface area contributed by atoms with Gasteiger partial charge in [0.05, 0.1) is 51.3 Å². The van der Waals surface area contributed by atoms with Crippen LogP contribution in [0, 0.1) is 0 Å². The van der Waals surface area contributed by atoms with Crippen LogP contribution in [0.5, 0.6) is 0 Å². The number of thiocarbonyl (C=S) groups is 2. The van der Waals surface area contributed by atoms with Crippen molar-refractivity contribution >= 4 is 113 Å². The van der Waals surface area contributed by atoms with E-state index in [1.807, 2.05) is 36.7 Å². The van der Waals surface area contributed by atoms with E-state index in [1.165, 1.54) is 87.5 Å². The fourth-order valence-electron chi connectivity index (χ4n) is 10.4. The van der Waals surface area contributed by atoms with E-state index < -0.39 is 14.0 Å². The van der Waals surface area contributed by atoms with Crippen LogP contribution in [-0.2, 0) is 19.5 Å². The normalized spacial score (nSPS) is 10.6. The van der Waals surface area contributed by atoms with Crippen LogP contribution in [0.3, 0.4) is 0 Å². The van der Waals surface area contributed by atoms with Crippen LogP contribution in [-0.4, -0.2) is 54.0 Å². The fourth-order valence-corrected chi connectivity index (χ4v) is 15.2. The molecule has 5 aromatic heterocycles. The van der Waals surface area contributed by atoms with Gasteiger partial charge in [0.15, 0.2) is 8.07 Å². The number of fused-ring (bicyclic) bond motifs is 6. The number of pyridine rings is 4. The first-order valence-electron chi connectivity index (χ1n) is 25.0. The smallest absolute Gasteiger partial charge is 0.753 e. The Hall–Kier alpha value is -9.41. The Morgan fingerprint density at radius 3 is 1.44 bits per heavy atom. The fraction of sp³-hybridized carbons (Fsp3) is 0. The summed E-state index contributed by atoms with van der Waals surface area (Å²) in [6.45, 7) is 0. The van der Waals surface area contributed by atoms with Crippen molar-refractivity contribution in [2.24, 2.45) is 0 Å². The molecular weight excluding hydrogens is 1130 g/mol. The van der Waals surface area contributed by atoms with E-state index in [0.29, 0.717) is 11.4 Å². The van der Waals surface area contributed by atoms with Crippen molar-refractivity contribution in [3.8, 4) is 39.6 Å². The number of carboxylic acids is 1. The summed E-state index contributed by atoms with van der Waals surface area (Å²) in [5, 5.41) is 38.4. The zero-order valence-electron chi connectivity index (χ0n) is 42.6. The summed E-state index contributed by atoms with van der Waals surface area (Å²) in [4.78, 5) is 28.6. The average Bonchev–Trinajstić information content (AvgIpc) is 3.57. The molecular formula is C67H45N7O2RuS2Si. The molecule has 13 heteroatoms. The Bertz CT molecular complexity index is 4230. The summed E-state index contributed by atoms with van der Waals surface area (Å²) in [7, 11) is -2.63. The predicted molar refractivity (Wildman–Crippen MR) is 332 cm³/mol. The minimum atomic E-state index is -2.63. The first kappa shape index (κ1) is 55.3. The number of hydrogen-bond acceptors (Lipinski definition) is 7. The van der Waals surface area contributed by atoms with Gasteiger partial charge in [-0.15, -0.1) is 0 Å².